The second-order valence-electron chi connectivity index (χ2n) is 6.12. The second-order valence-corrected chi connectivity index (χ2v) is 8.81. The molecule has 0 radical (unpaired) electrons. The number of nitrogens with one attached hydrogen (secondary N) is 2. The van der Waals surface area contributed by atoms with Crippen LogP contribution < -0.4 is 5.32 Å². The highest BCUT2D eigenvalue weighted by Crippen LogP contribution is 2.24. The van der Waals surface area contributed by atoms with Gasteiger partial charge in [-0.1, -0.05) is 0 Å². The predicted molar refractivity (Wildman–Crippen MR) is 77.1 cm³/mol. The Labute approximate surface area is 124 Å². The summed E-state index contributed by atoms with van der Waals surface area (Å²) in [5.41, 5.74) is 0.236. The molecule has 1 fully saturated rings. The smallest absolute Gasteiger partial charge is 0.273 e. The molecule has 0 atom stereocenters. The maximum atomic E-state index is 12.3. The molecule has 1 saturated heterocycles. The first-order chi connectivity index (χ1) is 9.72. The average molecular weight is 315 g/mol. The van der Waals surface area contributed by atoms with Crippen molar-refractivity contribution in [2.24, 2.45) is 0 Å². The van der Waals surface area contributed by atoms with Crippen LogP contribution in [0.2, 0.25) is 0 Å². The Balaban J connectivity index is 1.91. The Bertz CT molecular complexity index is 583. The van der Waals surface area contributed by atoms with Gasteiger partial charge < -0.3 is 5.32 Å². The minimum absolute atomic E-state index is 0.0411. The topological polar surface area (TPSA) is 108 Å². The summed E-state index contributed by atoms with van der Waals surface area (Å²) in [6, 6.07) is -0.0411. The van der Waals surface area contributed by atoms with E-state index in [0.717, 1.165) is 0 Å². The van der Waals surface area contributed by atoms with Crippen LogP contribution in [0, 0.1) is 0 Å². The number of amides is 1. The third-order valence-corrected chi connectivity index (χ3v) is 6.14. The first-order valence-electron chi connectivity index (χ1n) is 6.88. The molecule has 1 aromatic heterocycles. The highest BCUT2D eigenvalue weighted by Gasteiger charge is 2.37. The van der Waals surface area contributed by atoms with E-state index in [-0.39, 0.29) is 17.6 Å². The maximum Gasteiger partial charge on any atom is 0.273 e. The van der Waals surface area contributed by atoms with Gasteiger partial charge in [-0.3, -0.25) is 4.79 Å². The minimum Gasteiger partial charge on any atom is -0.348 e. The molecule has 0 unspecified atom stereocenters. The number of hydrogen-bond acceptors (Lipinski definition) is 5. The summed E-state index contributed by atoms with van der Waals surface area (Å²) in [4.78, 5) is 11.8. The van der Waals surface area contributed by atoms with E-state index in [1.54, 1.807) is 20.8 Å². The maximum absolute atomic E-state index is 12.3. The molecule has 0 aliphatic carbocycles. The summed E-state index contributed by atoms with van der Waals surface area (Å²) < 4.78 is 25.4. The molecule has 1 aliphatic heterocycles. The standard InChI is InChI=1S/C12H21N5O3S/c1-12(2,3)21(19,20)17-6-4-9(5-7-17)14-11(18)10-8-13-16-15-10/h8-9H,4-7H2,1-3H3,(H,14,18)(H,13,15,16). The molecule has 0 bridgehead atoms. The second kappa shape index (κ2) is 5.72. The van der Waals surface area contributed by atoms with Crippen LogP contribution in [-0.4, -0.2) is 57.9 Å². The first kappa shape index (κ1) is 15.9. The normalized spacial score (nSPS) is 18.6. The minimum atomic E-state index is -3.30. The molecular weight excluding hydrogens is 294 g/mol. The summed E-state index contributed by atoms with van der Waals surface area (Å²) in [6.07, 6.45) is 2.55. The highest BCUT2D eigenvalue weighted by molar-refractivity contribution is 7.90. The van der Waals surface area contributed by atoms with E-state index in [4.69, 9.17) is 0 Å². The molecule has 21 heavy (non-hydrogen) atoms. The van der Waals surface area contributed by atoms with E-state index >= 15 is 0 Å². The fraction of sp³-hybridized carbons (Fsp3) is 0.750. The van der Waals surface area contributed by atoms with E-state index < -0.39 is 14.8 Å². The third-order valence-electron chi connectivity index (χ3n) is 3.55. The number of aromatic nitrogens is 3. The third kappa shape index (κ3) is 3.41. The fourth-order valence-corrected chi connectivity index (χ4v) is 3.66. The van der Waals surface area contributed by atoms with Gasteiger partial charge in [-0.2, -0.15) is 15.4 Å². The zero-order valence-corrected chi connectivity index (χ0v) is 13.3. The Morgan fingerprint density at radius 3 is 2.48 bits per heavy atom. The lowest BCUT2D eigenvalue weighted by molar-refractivity contribution is 0.0918. The van der Waals surface area contributed by atoms with Gasteiger partial charge in [0.2, 0.25) is 10.0 Å². The molecule has 0 aromatic carbocycles. The van der Waals surface area contributed by atoms with Crippen molar-refractivity contribution in [1.29, 1.82) is 0 Å². The lowest BCUT2D eigenvalue weighted by Gasteiger charge is -2.35. The van der Waals surface area contributed by atoms with Crippen LogP contribution in [-0.2, 0) is 10.0 Å². The van der Waals surface area contributed by atoms with Crippen LogP contribution in [0.4, 0.5) is 0 Å². The van der Waals surface area contributed by atoms with Gasteiger partial charge in [-0.15, -0.1) is 0 Å². The van der Waals surface area contributed by atoms with Crippen LogP contribution in [0.25, 0.3) is 0 Å². The molecule has 1 aromatic rings. The molecule has 8 nitrogen and oxygen atoms in total. The van der Waals surface area contributed by atoms with Crippen LogP contribution in [0.1, 0.15) is 44.1 Å². The number of sulfonamides is 1. The number of piperidine rings is 1. The zero-order chi connectivity index (χ0) is 15.7. The Hall–Kier alpha value is -1.48. The molecule has 9 heteroatoms. The summed E-state index contributed by atoms with van der Waals surface area (Å²) >= 11 is 0. The van der Waals surface area contributed by atoms with Crippen molar-refractivity contribution in [2.75, 3.05) is 13.1 Å². The number of H-pyrrole nitrogens is 1. The molecule has 0 spiro atoms. The van der Waals surface area contributed by atoms with Crippen LogP contribution in [0.3, 0.4) is 0 Å². The molecule has 0 saturated carbocycles. The molecule has 118 valence electrons. The van der Waals surface area contributed by atoms with E-state index in [0.29, 0.717) is 25.9 Å². The van der Waals surface area contributed by atoms with Crippen molar-refractivity contribution in [3.05, 3.63) is 11.9 Å². The molecule has 1 aliphatic rings. The molecule has 1 amide bonds. The summed E-state index contributed by atoms with van der Waals surface area (Å²) in [6.45, 7) is 5.93. The molecular formula is C12H21N5O3S. The highest BCUT2D eigenvalue weighted by atomic mass is 32.2. The largest absolute Gasteiger partial charge is 0.348 e. The molecule has 2 N–H and O–H groups in total. The van der Waals surface area contributed by atoms with E-state index in [1.165, 1.54) is 10.5 Å². The molecule has 2 heterocycles. The SMILES string of the molecule is CC(C)(C)S(=O)(=O)N1CCC(NC(=O)c2cn[nH]n2)CC1. The van der Waals surface area contributed by atoms with Gasteiger partial charge in [-0.05, 0) is 33.6 Å². The van der Waals surface area contributed by atoms with Gasteiger partial charge >= 0.3 is 0 Å². The number of nitrogens with zero attached hydrogens (tertiary/aromatic N) is 3. The number of rotatable bonds is 3. The van der Waals surface area contributed by atoms with Crippen LogP contribution >= 0.6 is 0 Å². The zero-order valence-electron chi connectivity index (χ0n) is 12.5. The van der Waals surface area contributed by atoms with Crippen molar-refractivity contribution < 1.29 is 13.2 Å². The van der Waals surface area contributed by atoms with Crippen LogP contribution in [0.5, 0.6) is 0 Å². The van der Waals surface area contributed by atoms with Gasteiger partial charge in [0, 0.05) is 19.1 Å². The molecule has 2 rings (SSSR count). The van der Waals surface area contributed by atoms with E-state index in [9.17, 15) is 13.2 Å². The van der Waals surface area contributed by atoms with Gasteiger partial charge in [0.1, 0.15) is 0 Å². The predicted octanol–water partition coefficient (Wildman–Crippen LogP) is 0.127. The van der Waals surface area contributed by atoms with Gasteiger partial charge in [0.05, 0.1) is 10.9 Å². The number of hydrogen-bond donors (Lipinski definition) is 2. The average Bonchev–Trinajstić information content (AvgIpc) is 2.92. The number of carbonyl (C=O) groups is 1. The summed E-state index contributed by atoms with van der Waals surface area (Å²) in [7, 11) is -3.30. The van der Waals surface area contributed by atoms with Gasteiger partial charge in [0.25, 0.3) is 5.91 Å². The van der Waals surface area contributed by atoms with Crippen LogP contribution in [0.15, 0.2) is 6.20 Å². The van der Waals surface area contributed by atoms with E-state index in [1.807, 2.05) is 0 Å². The van der Waals surface area contributed by atoms with Gasteiger partial charge in [-0.25, -0.2) is 12.7 Å². The van der Waals surface area contributed by atoms with E-state index in [2.05, 4.69) is 20.7 Å². The number of aromatic amines is 1. The number of carbonyl (C=O) groups excluding carboxylic acids is 1. The fourth-order valence-electron chi connectivity index (χ4n) is 2.20. The Kier molecular flexibility index (Phi) is 4.33. The van der Waals surface area contributed by atoms with Crippen molar-refractivity contribution in [1.82, 2.24) is 25.0 Å². The van der Waals surface area contributed by atoms with Crippen molar-refractivity contribution in [3.63, 3.8) is 0 Å². The Morgan fingerprint density at radius 2 is 2.00 bits per heavy atom. The van der Waals surface area contributed by atoms with Crippen molar-refractivity contribution >= 4 is 15.9 Å². The van der Waals surface area contributed by atoms with Crippen molar-refractivity contribution in [2.45, 2.75) is 44.4 Å². The quantitative estimate of drug-likeness (QED) is 0.824. The first-order valence-corrected chi connectivity index (χ1v) is 8.32. The monoisotopic (exact) mass is 315 g/mol. The Morgan fingerprint density at radius 1 is 1.38 bits per heavy atom. The lowest BCUT2D eigenvalue weighted by atomic mass is 10.1. The van der Waals surface area contributed by atoms with Gasteiger partial charge in [0.15, 0.2) is 5.69 Å². The summed E-state index contributed by atoms with van der Waals surface area (Å²) in [5, 5.41) is 12.5. The lowest BCUT2D eigenvalue weighted by Crippen LogP contribution is -2.50. The summed E-state index contributed by atoms with van der Waals surface area (Å²) in [5.74, 6) is -0.291. The van der Waals surface area contributed by atoms with Crippen molar-refractivity contribution in [3.8, 4) is 0 Å².